The minimum absolute atomic E-state index is 0.201. The Morgan fingerprint density at radius 3 is 2.59 bits per heavy atom. The molecule has 0 saturated heterocycles. The number of rotatable bonds is 6. The largest absolute Gasteiger partial charge is 0.326 e. The van der Waals surface area contributed by atoms with Gasteiger partial charge in [0.2, 0.25) is 0 Å². The molecule has 0 amide bonds. The molecule has 1 aromatic rings. The number of nitrogens with two attached hydrogens (primary N) is 1. The average Bonchev–Trinajstić information content (AvgIpc) is 2.99. The molecular formula is C14H24N2S. The zero-order valence-electron chi connectivity index (χ0n) is 11.1. The van der Waals surface area contributed by atoms with Crippen molar-refractivity contribution < 1.29 is 0 Å². The van der Waals surface area contributed by atoms with Gasteiger partial charge in [-0.1, -0.05) is 6.92 Å². The minimum Gasteiger partial charge on any atom is -0.326 e. The quantitative estimate of drug-likeness (QED) is 0.842. The molecular weight excluding hydrogens is 228 g/mol. The SMILES string of the molecule is CCN(CC1CC1)C(c1ccc(C)s1)C(C)N. The van der Waals surface area contributed by atoms with Crippen molar-refractivity contribution in [1.29, 1.82) is 0 Å². The van der Waals surface area contributed by atoms with Crippen molar-refractivity contribution in [3.63, 3.8) is 0 Å². The van der Waals surface area contributed by atoms with Crippen LogP contribution in [-0.2, 0) is 0 Å². The van der Waals surface area contributed by atoms with Gasteiger partial charge in [-0.15, -0.1) is 11.3 Å². The zero-order valence-corrected chi connectivity index (χ0v) is 12.0. The number of likely N-dealkylation sites (N-methyl/N-ethyl adjacent to an activating group) is 1. The van der Waals surface area contributed by atoms with Crippen molar-refractivity contribution >= 4 is 11.3 Å². The van der Waals surface area contributed by atoms with Crippen LogP contribution in [0.4, 0.5) is 0 Å². The first-order valence-electron chi connectivity index (χ1n) is 6.67. The van der Waals surface area contributed by atoms with Crippen molar-refractivity contribution in [2.45, 2.75) is 45.7 Å². The normalized spacial score (nSPS) is 19.6. The first-order chi connectivity index (χ1) is 8.11. The Labute approximate surface area is 109 Å². The van der Waals surface area contributed by atoms with Crippen molar-refractivity contribution in [2.75, 3.05) is 13.1 Å². The number of hydrogen-bond acceptors (Lipinski definition) is 3. The van der Waals surface area contributed by atoms with Crippen molar-refractivity contribution in [2.24, 2.45) is 11.7 Å². The standard InChI is InChI=1S/C14H24N2S/c1-4-16(9-12-6-7-12)14(11(3)15)13-8-5-10(2)17-13/h5,8,11-12,14H,4,6-7,9,15H2,1-3H3. The Morgan fingerprint density at radius 1 is 1.47 bits per heavy atom. The molecule has 1 aliphatic carbocycles. The zero-order chi connectivity index (χ0) is 12.4. The highest BCUT2D eigenvalue weighted by molar-refractivity contribution is 7.12. The molecule has 2 unspecified atom stereocenters. The third-order valence-electron chi connectivity index (χ3n) is 3.54. The summed E-state index contributed by atoms with van der Waals surface area (Å²) in [6.07, 6.45) is 2.82. The maximum Gasteiger partial charge on any atom is 0.0590 e. The van der Waals surface area contributed by atoms with Crippen molar-refractivity contribution in [1.82, 2.24) is 4.90 Å². The Balaban J connectivity index is 2.13. The molecule has 1 saturated carbocycles. The van der Waals surface area contributed by atoms with Gasteiger partial charge in [0.1, 0.15) is 0 Å². The predicted molar refractivity (Wildman–Crippen MR) is 75.4 cm³/mol. The van der Waals surface area contributed by atoms with Crippen LogP contribution >= 0.6 is 11.3 Å². The second kappa shape index (κ2) is 5.51. The maximum atomic E-state index is 6.22. The third-order valence-corrected chi connectivity index (χ3v) is 4.61. The molecule has 17 heavy (non-hydrogen) atoms. The van der Waals surface area contributed by atoms with Gasteiger partial charge >= 0.3 is 0 Å². The van der Waals surface area contributed by atoms with Crippen LogP contribution in [0.25, 0.3) is 0 Å². The van der Waals surface area contributed by atoms with E-state index >= 15 is 0 Å². The van der Waals surface area contributed by atoms with Crippen LogP contribution in [0.3, 0.4) is 0 Å². The molecule has 2 N–H and O–H groups in total. The van der Waals surface area contributed by atoms with E-state index in [4.69, 9.17) is 5.73 Å². The average molecular weight is 252 g/mol. The van der Waals surface area contributed by atoms with Gasteiger partial charge in [-0.05, 0) is 51.3 Å². The lowest BCUT2D eigenvalue weighted by molar-refractivity contribution is 0.181. The molecule has 0 aliphatic heterocycles. The summed E-state index contributed by atoms with van der Waals surface area (Å²) in [6, 6.07) is 5.07. The van der Waals surface area contributed by atoms with Gasteiger partial charge in [0.25, 0.3) is 0 Å². The summed E-state index contributed by atoms with van der Waals surface area (Å²) in [7, 11) is 0. The van der Waals surface area contributed by atoms with E-state index in [0.29, 0.717) is 6.04 Å². The summed E-state index contributed by atoms with van der Waals surface area (Å²) < 4.78 is 0. The predicted octanol–water partition coefficient (Wildman–Crippen LogP) is 3.18. The molecule has 1 fully saturated rings. The monoisotopic (exact) mass is 252 g/mol. The lowest BCUT2D eigenvalue weighted by Gasteiger charge is -2.33. The number of thiophene rings is 1. The van der Waals surface area contributed by atoms with Crippen LogP contribution in [0.2, 0.25) is 0 Å². The maximum absolute atomic E-state index is 6.22. The Morgan fingerprint density at radius 2 is 2.18 bits per heavy atom. The van der Waals surface area contributed by atoms with Gasteiger partial charge < -0.3 is 5.73 Å². The first kappa shape index (κ1) is 13.1. The van der Waals surface area contributed by atoms with Crippen LogP contribution < -0.4 is 5.73 Å². The molecule has 3 heteroatoms. The number of nitrogens with zero attached hydrogens (tertiary/aromatic N) is 1. The molecule has 0 bridgehead atoms. The lowest BCUT2D eigenvalue weighted by atomic mass is 10.1. The summed E-state index contributed by atoms with van der Waals surface area (Å²) in [5, 5.41) is 0. The molecule has 1 aliphatic rings. The van der Waals surface area contributed by atoms with Gasteiger partial charge in [0.15, 0.2) is 0 Å². The van der Waals surface area contributed by atoms with E-state index in [2.05, 4.69) is 37.8 Å². The van der Waals surface area contributed by atoms with Gasteiger partial charge in [0, 0.05) is 22.3 Å². The summed E-state index contributed by atoms with van der Waals surface area (Å²) in [4.78, 5) is 5.38. The smallest absolute Gasteiger partial charge is 0.0590 e. The summed E-state index contributed by atoms with van der Waals surface area (Å²) in [6.45, 7) is 8.87. The van der Waals surface area contributed by atoms with Crippen LogP contribution in [0.15, 0.2) is 12.1 Å². The van der Waals surface area contributed by atoms with Crippen molar-refractivity contribution in [3.05, 3.63) is 21.9 Å². The first-order valence-corrected chi connectivity index (χ1v) is 7.49. The molecule has 2 nitrogen and oxygen atoms in total. The summed E-state index contributed by atoms with van der Waals surface area (Å²) in [5.74, 6) is 0.928. The lowest BCUT2D eigenvalue weighted by Crippen LogP contribution is -2.40. The fourth-order valence-electron chi connectivity index (χ4n) is 2.46. The van der Waals surface area contributed by atoms with E-state index in [1.165, 1.54) is 29.1 Å². The van der Waals surface area contributed by atoms with Gasteiger partial charge in [-0.2, -0.15) is 0 Å². The summed E-state index contributed by atoms with van der Waals surface area (Å²) in [5.41, 5.74) is 6.22. The van der Waals surface area contributed by atoms with E-state index in [-0.39, 0.29) is 6.04 Å². The highest BCUT2D eigenvalue weighted by Crippen LogP contribution is 2.35. The van der Waals surface area contributed by atoms with E-state index in [9.17, 15) is 0 Å². The van der Waals surface area contributed by atoms with E-state index in [1.54, 1.807) is 0 Å². The second-order valence-electron chi connectivity index (χ2n) is 5.28. The van der Waals surface area contributed by atoms with E-state index in [1.807, 2.05) is 11.3 Å². The molecule has 2 rings (SSSR count). The molecule has 0 aromatic carbocycles. The van der Waals surface area contributed by atoms with Crippen LogP contribution in [0, 0.1) is 12.8 Å². The Hall–Kier alpha value is -0.380. The molecule has 0 spiro atoms. The minimum atomic E-state index is 0.201. The van der Waals surface area contributed by atoms with Gasteiger partial charge in [-0.25, -0.2) is 0 Å². The Bertz CT molecular complexity index is 355. The van der Waals surface area contributed by atoms with Gasteiger partial charge in [0.05, 0.1) is 6.04 Å². The molecule has 0 radical (unpaired) electrons. The molecule has 2 atom stereocenters. The van der Waals surface area contributed by atoms with E-state index in [0.717, 1.165) is 12.5 Å². The van der Waals surface area contributed by atoms with Crippen LogP contribution in [0.5, 0.6) is 0 Å². The third kappa shape index (κ3) is 3.30. The molecule has 1 aromatic heterocycles. The van der Waals surface area contributed by atoms with Crippen LogP contribution in [-0.4, -0.2) is 24.0 Å². The van der Waals surface area contributed by atoms with E-state index < -0.39 is 0 Å². The fourth-order valence-corrected chi connectivity index (χ4v) is 3.58. The van der Waals surface area contributed by atoms with Crippen LogP contribution in [0.1, 0.15) is 42.5 Å². The molecule has 1 heterocycles. The molecule has 96 valence electrons. The highest BCUT2D eigenvalue weighted by Gasteiger charge is 2.30. The Kier molecular flexibility index (Phi) is 4.23. The second-order valence-corrected chi connectivity index (χ2v) is 6.60. The number of aryl methyl sites for hydroxylation is 1. The van der Waals surface area contributed by atoms with Gasteiger partial charge in [-0.3, -0.25) is 4.90 Å². The fraction of sp³-hybridized carbons (Fsp3) is 0.714. The summed E-state index contributed by atoms with van der Waals surface area (Å²) >= 11 is 1.89. The highest BCUT2D eigenvalue weighted by atomic mass is 32.1. The topological polar surface area (TPSA) is 29.3 Å². The number of hydrogen-bond donors (Lipinski definition) is 1. The van der Waals surface area contributed by atoms with Crippen molar-refractivity contribution in [3.8, 4) is 0 Å².